The largest absolute Gasteiger partial charge is 0.0985 e. The maximum absolute atomic E-state index is 3.47. The first-order chi connectivity index (χ1) is 2.77. The van der Waals surface area contributed by atoms with E-state index in [2.05, 4.69) is 12.7 Å². The Labute approximate surface area is 39.2 Å². The van der Waals surface area contributed by atoms with E-state index in [9.17, 15) is 0 Å². The second-order valence-corrected chi connectivity index (χ2v) is 1.35. The summed E-state index contributed by atoms with van der Waals surface area (Å²) in [5.41, 5.74) is 1.17. The highest BCUT2D eigenvalue weighted by molar-refractivity contribution is 4.96. The number of hydrogen-bond acceptors (Lipinski definition) is 0. The van der Waals surface area contributed by atoms with Crippen LogP contribution >= 0.6 is 0 Å². The van der Waals surface area contributed by atoms with Crippen LogP contribution in [0.5, 0.6) is 0 Å². The predicted molar refractivity (Wildman–Crippen MR) is 28.3 cm³/mol. The zero-order valence-corrected chi connectivity index (χ0v) is 4.28. The van der Waals surface area contributed by atoms with E-state index in [1.807, 2.05) is 13.8 Å². The lowest BCUT2D eigenvalue weighted by Crippen LogP contribution is -1.56. The smallest absolute Gasteiger partial charge is 0.0204 e. The molecule has 0 aromatic carbocycles. The predicted octanol–water partition coefficient (Wildman–Crippen LogP) is 1.94. The Morgan fingerprint density at radius 2 is 2.17 bits per heavy atom. The minimum Gasteiger partial charge on any atom is -0.0985 e. The maximum atomic E-state index is 3.47. The van der Waals surface area contributed by atoms with Crippen molar-refractivity contribution >= 4 is 0 Å². The molecule has 0 unspecified atom stereocenters. The van der Waals surface area contributed by atoms with E-state index < -0.39 is 0 Å². The number of allylic oxidation sites excluding steroid dienone is 3. The van der Waals surface area contributed by atoms with Crippen LogP contribution in [0.4, 0.5) is 0 Å². The lowest BCUT2D eigenvalue weighted by Gasteiger charge is -1.74. The molecule has 0 rings (SSSR count). The standard InChI is InChI=1S/C6H9/c1-4-5-6(2)3/h4H,1H2,2-3H3. The van der Waals surface area contributed by atoms with Crippen LogP contribution in [0.25, 0.3) is 0 Å². The van der Waals surface area contributed by atoms with Crippen molar-refractivity contribution in [3.8, 4) is 0 Å². The Morgan fingerprint density at radius 1 is 1.67 bits per heavy atom. The van der Waals surface area contributed by atoms with Gasteiger partial charge in [-0.15, -0.1) is 0 Å². The third-order valence-electron chi connectivity index (χ3n) is 0.391. The molecule has 0 nitrogen and oxygen atoms in total. The SMILES string of the molecule is C=C[C]=C(C)C. The lowest BCUT2D eigenvalue weighted by atomic mass is 10.3. The van der Waals surface area contributed by atoms with Gasteiger partial charge in [0.15, 0.2) is 0 Å². The van der Waals surface area contributed by atoms with Crippen LogP contribution in [-0.2, 0) is 0 Å². The molecule has 0 aromatic heterocycles. The van der Waals surface area contributed by atoms with Gasteiger partial charge < -0.3 is 0 Å². The molecule has 0 fully saturated rings. The van der Waals surface area contributed by atoms with Gasteiger partial charge in [-0.25, -0.2) is 0 Å². The van der Waals surface area contributed by atoms with Crippen LogP contribution in [0.3, 0.4) is 0 Å². The Bertz CT molecular complexity index is 64.1. The molecule has 0 aliphatic heterocycles. The van der Waals surface area contributed by atoms with Crippen molar-refractivity contribution in [3.05, 3.63) is 24.3 Å². The lowest BCUT2D eigenvalue weighted by molar-refractivity contribution is 1.37. The van der Waals surface area contributed by atoms with Crippen molar-refractivity contribution in [2.24, 2.45) is 0 Å². The molecule has 0 saturated carbocycles. The van der Waals surface area contributed by atoms with Crippen LogP contribution in [0.15, 0.2) is 18.2 Å². The summed E-state index contributed by atoms with van der Waals surface area (Å²) in [6.07, 6.45) is 4.55. The van der Waals surface area contributed by atoms with Crippen LogP contribution in [0.2, 0.25) is 0 Å². The summed E-state index contributed by atoms with van der Waals surface area (Å²) < 4.78 is 0. The van der Waals surface area contributed by atoms with Gasteiger partial charge in [0.2, 0.25) is 0 Å². The molecule has 0 heteroatoms. The van der Waals surface area contributed by atoms with Crippen LogP contribution in [0.1, 0.15) is 13.8 Å². The van der Waals surface area contributed by atoms with E-state index in [0.717, 1.165) is 0 Å². The van der Waals surface area contributed by atoms with Gasteiger partial charge in [0, 0.05) is 0 Å². The third kappa shape index (κ3) is 3.48. The van der Waals surface area contributed by atoms with Gasteiger partial charge in [0.05, 0.1) is 0 Å². The fourth-order valence-electron chi connectivity index (χ4n) is 0.204. The summed E-state index contributed by atoms with van der Waals surface area (Å²) in [5.74, 6) is 0. The molecule has 33 valence electrons. The van der Waals surface area contributed by atoms with Crippen molar-refractivity contribution in [3.63, 3.8) is 0 Å². The van der Waals surface area contributed by atoms with Crippen molar-refractivity contribution in [1.82, 2.24) is 0 Å². The molecule has 0 N–H and O–H groups in total. The highest BCUT2D eigenvalue weighted by Crippen LogP contribution is 1.83. The zero-order valence-electron chi connectivity index (χ0n) is 4.28. The summed E-state index contributed by atoms with van der Waals surface area (Å²) in [4.78, 5) is 0. The average Bonchev–Trinajstić information content (AvgIpc) is 1.35. The van der Waals surface area contributed by atoms with Gasteiger partial charge in [0.25, 0.3) is 0 Å². The zero-order chi connectivity index (χ0) is 4.99. The van der Waals surface area contributed by atoms with Gasteiger partial charge in [-0.2, -0.15) is 0 Å². The second-order valence-electron chi connectivity index (χ2n) is 1.35. The second kappa shape index (κ2) is 2.70. The Balaban J connectivity index is 3.41. The topological polar surface area (TPSA) is 0 Å². The molecule has 0 atom stereocenters. The molecule has 0 bridgehead atoms. The maximum Gasteiger partial charge on any atom is -0.0204 e. The van der Waals surface area contributed by atoms with Crippen molar-refractivity contribution in [1.29, 1.82) is 0 Å². The molecule has 1 radical (unpaired) electrons. The monoisotopic (exact) mass is 81.1 g/mol. The van der Waals surface area contributed by atoms with Crippen molar-refractivity contribution in [2.45, 2.75) is 13.8 Å². The summed E-state index contributed by atoms with van der Waals surface area (Å²) in [5, 5.41) is 0. The minimum absolute atomic E-state index is 1.17. The summed E-state index contributed by atoms with van der Waals surface area (Å²) in [7, 11) is 0. The first-order valence-electron chi connectivity index (χ1n) is 1.95. The van der Waals surface area contributed by atoms with E-state index in [-0.39, 0.29) is 0 Å². The van der Waals surface area contributed by atoms with E-state index >= 15 is 0 Å². The van der Waals surface area contributed by atoms with E-state index in [1.54, 1.807) is 6.08 Å². The molecule has 0 aliphatic carbocycles. The highest BCUT2D eigenvalue weighted by Gasteiger charge is 1.64. The number of rotatable bonds is 1. The Kier molecular flexibility index (Phi) is 2.47. The average molecular weight is 81.1 g/mol. The Hall–Kier alpha value is -0.520. The van der Waals surface area contributed by atoms with Gasteiger partial charge in [-0.1, -0.05) is 18.2 Å². The summed E-state index contributed by atoms with van der Waals surface area (Å²) in [6.45, 7) is 7.44. The molecular weight excluding hydrogens is 72.1 g/mol. The van der Waals surface area contributed by atoms with E-state index in [4.69, 9.17) is 0 Å². The fourth-order valence-corrected chi connectivity index (χ4v) is 0.204. The van der Waals surface area contributed by atoms with Gasteiger partial charge >= 0.3 is 0 Å². The van der Waals surface area contributed by atoms with Crippen LogP contribution < -0.4 is 0 Å². The Morgan fingerprint density at radius 3 is 2.17 bits per heavy atom. The first kappa shape index (κ1) is 5.48. The summed E-state index contributed by atoms with van der Waals surface area (Å²) in [6, 6.07) is 0. The normalized spacial score (nSPS) is 7.00. The highest BCUT2D eigenvalue weighted by atomic mass is 13.7. The molecule has 0 heterocycles. The molecule has 0 amide bonds. The molecular formula is C6H9. The van der Waals surface area contributed by atoms with Gasteiger partial charge in [-0.3, -0.25) is 0 Å². The quantitative estimate of drug-likeness (QED) is 0.423. The molecule has 6 heavy (non-hydrogen) atoms. The number of hydrogen-bond donors (Lipinski definition) is 0. The van der Waals surface area contributed by atoms with E-state index in [0.29, 0.717) is 0 Å². The third-order valence-corrected chi connectivity index (χ3v) is 0.391. The van der Waals surface area contributed by atoms with Crippen molar-refractivity contribution < 1.29 is 0 Å². The summed E-state index contributed by atoms with van der Waals surface area (Å²) >= 11 is 0. The molecule has 0 spiro atoms. The first-order valence-corrected chi connectivity index (χ1v) is 1.95. The molecule has 0 aromatic rings. The van der Waals surface area contributed by atoms with E-state index in [1.165, 1.54) is 5.57 Å². The fraction of sp³-hybridized carbons (Fsp3) is 0.333. The molecule has 0 aliphatic rings. The van der Waals surface area contributed by atoms with Crippen molar-refractivity contribution in [2.75, 3.05) is 0 Å². The minimum atomic E-state index is 1.17. The van der Waals surface area contributed by atoms with Gasteiger partial charge in [0.1, 0.15) is 0 Å². The van der Waals surface area contributed by atoms with Crippen LogP contribution in [0, 0.1) is 6.08 Å². The molecule has 0 saturated heterocycles. The van der Waals surface area contributed by atoms with Crippen LogP contribution in [-0.4, -0.2) is 0 Å². The van der Waals surface area contributed by atoms with Gasteiger partial charge in [-0.05, 0) is 19.9 Å².